The Kier molecular flexibility index (Phi) is 4.93. The molecule has 1 aliphatic heterocycles. The lowest BCUT2D eigenvalue weighted by molar-refractivity contribution is -0.119. The first-order chi connectivity index (χ1) is 12.0. The molecule has 1 aliphatic rings. The lowest BCUT2D eigenvalue weighted by Crippen LogP contribution is -2.39. The second-order valence-electron chi connectivity index (χ2n) is 6.20. The average molecular weight is 335 g/mol. The number of amides is 2. The van der Waals surface area contributed by atoms with Crippen LogP contribution < -0.4 is 10.3 Å². The summed E-state index contributed by atoms with van der Waals surface area (Å²) in [5.41, 5.74) is 3.13. The van der Waals surface area contributed by atoms with Crippen LogP contribution in [0.4, 0.5) is 5.69 Å². The van der Waals surface area contributed by atoms with E-state index in [0.29, 0.717) is 17.8 Å². The number of anilines is 1. The highest BCUT2D eigenvalue weighted by Crippen LogP contribution is 2.21. The Morgan fingerprint density at radius 3 is 2.60 bits per heavy atom. The third-order valence-electron chi connectivity index (χ3n) is 4.19. The molecule has 2 aromatic rings. The molecule has 1 unspecified atom stereocenters. The van der Waals surface area contributed by atoms with Crippen molar-refractivity contribution < 1.29 is 9.59 Å². The summed E-state index contributed by atoms with van der Waals surface area (Å²) in [6.07, 6.45) is 0.633. The maximum Gasteiger partial charge on any atom is 0.267 e. The molecule has 0 radical (unpaired) electrons. The van der Waals surface area contributed by atoms with Gasteiger partial charge in [0.15, 0.2) is 0 Å². The van der Waals surface area contributed by atoms with Crippen molar-refractivity contribution in [2.75, 3.05) is 5.01 Å². The van der Waals surface area contributed by atoms with Gasteiger partial charge < -0.3 is 5.32 Å². The quantitative estimate of drug-likeness (QED) is 0.931. The van der Waals surface area contributed by atoms with E-state index in [1.165, 1.54) is 5.01 Å². The zero-order chi connectivity index (χ0) is 17.8. The zero-order valence-electron chi connectivity index (χ0n) is 14.4. The molecule has 5 nitrogen and oxygen atoms in total. The van der Waals surface area contributed by atoms with Crippen molar-refractivity contribution in [2.45, 2.75) is 32.7 Å². The van der Waals surface area contributed by atoms with Crippen LogP contribution in [0.5, 0.6) is 0 Å². The molecule has 3 rings (SSSR count). The summed E-state index contributed by atoms with van der Waals surface area (Å²) in [6.45, 7) is 3.89. The maximum absolute atomic E-state index is 12.6. The minimum absolute atomic E-state index is 0.0988. The fourth-order valence-corrected chi connectivity index (χ4v) is 2.78. The Hall–Kier alpha value is -2.95. The van der Waals surface area contributed by atoms with Crippen molar-refractivity contribution in [2.24, 2.45) is 5.10 Å². The highest BCUT2D eigenvalue weighted by molar-refractivity contribution is 6.40. The number of nitrogens with zero attached hydrogens (tertiary/aromatic N) is 2. The van der Waals surface area contributed by atoms with E-state index in [1.807, 2.05) is 68.4 Å². The lowest BCUT2D eigenvalue weighted by Gasteiger charge is -2.24. The van der Waals surface area contributed by atoms with E-state index in [2.05, 4.69) is 10.4 Å². The number of nitrogens with one attached hydrogen (secondary N) is 1. The third kappa shape index (κ3) is 3.94. The van der Waals surface area contributed by atoms with E-state index in [4.69, 9.17) is 0 Å². The van der Waals surface area contributed by atoms with Crippen molar-refractivity contribution in [1.82, 2.24) is 5.32 Å². The van der Waals surface area contributed by atoms with E-state index in [0.717, 1.165) is 11.1 Å². The van der Waals surface area contributed by atoms with Crippen LogP contribution >= 0.6 is 0 Å². The molecule has 0 spiro atoms. The number of hydrazone groups is 1. The number of hydrogen-bond donors (Lipinski definition) is 1. The van der Waals surface area contributed by atoms with Gasteiger partial charge in [0, 0.05) is 12.8 Å². The summed E-state index contributed by atoms with van der Waals surface area (Å²) < 4.78 is 0. The number of hydrogen-bond acceptors (Lipinski definition) is 3. The largest absolute Gasteiger partial charge is 0.344 e. The van der Waals surface area contributed by atoms with Crippen LogP contribution in [-0.4, -0.2) is 17.5 Å². The normalized spacial score (nSPS) is 15.5. The molecule has 2 aromatic carbocycles. The fraction of sp³-hybridized carbons (Fsp3) is 0.250. The molecule has 0 saturated heterocycles. The van der Waals surface area contributed by atoms with Crippen molar-refractivity contribution in [3.8, 4) is 0 Å². The SMILES string of the molecule is Cc1cccc(N2N=C(C(=O)NC(C)c3ccccc3)CCC2=O)c1. The Balaban J connectivity index is 1.78. The standard InChI is InChI=1S/C20H21N3O2/c1-14-7-6-10-17(13-14)23-19(24)12-11-18(22-23)20(25)21-15(2)16-8-4-3-5-9-16/h3-10,13,15H,11-12H2,1-2H3,(H,21,25). The lowest BCUT2D eigenvalue weighted by atomic mass is 10.1. The molecule has 0 fully saturated rings. The van der Waals surface area contributed by atoms with Crippen molar-refractivity contribution in [1.29, 1.82) is 0 Å². The molecule has 2 amide bonds. The Labute approximate surface area is 147 Å². The number of benzene rings is 2. The Morgan fingerprint density at radius 1 is 1.12 bits per heavy atom. The zero-order valence-corrected chi connectivity index (χ0v) is 14.4. The number of carbonyl (C=O) groups excluding carboxylic acids is 2. The molecule has 0 saturated carbocycles. The van der Waals surface area contributed by atoms with Gasteiger partial charge >= 0.3 is 0 Å². The third-order valence-corrected chi connectivity index (χ3v) is 4.19. The van der Waals surface area contributed by atoms with Crippen LogP contribution in [0, 0.1) is 6.92 Å². The van der Waals surface area contributed by atoms with Gasteiger partial charge in [0.25, 0.3) is 5.91 Å². The number of rotatable bonds is 4. The van der Waals surface area contributed by atoms with E-state index in [-0.39, 0.29) is 24.3 Å². The molecule has 1 heterocycles. The monoisotopic (exact) mass is 335 g/mol. The minimum atomic E-state index is -0.235. The smallest absolute Gasteiger partial charge is 0.267 e. The first kappa shape index (κ1) is 16.9. The molecule has 1 atom stereocenters. The Morgan fingerprint density at radius 2 is 1.88 bits per heavy atom. The molecule has 0 aliphatic carbocycles. The van der Waals surface area contributed by atoms with Crippen LogP contribution in [0.15, 0.2) is 59.7 Å². The van der Waals surface area contributed by atoms with Gasteiger partial charge in [-0.1, -0.05) is 42.5 Å². The molecule has 5 heteroatoms. The molecule has 0 aromatic heterocycles. The van der Waals surface area contributed by atoms with Gasteiger partial charge in [-0.15, -0.1) is 0 Å². The van der Waals surface area contributed by atoms with Crippen molar-refractivity contribution in [3.63, 3.8) is 0 Å². The summed E-state index contributed by atoms with van der Waals surface area (Å²) in [5, 5.41) is 8.60. The topological polar surface area (TPSA) is 61.8 Å². The van der Waals surface area contributed by atoms with Gasteiger partial charge in [-0.25, -0.2) is 5.01 Å². The van der Waals surface area contributed by atoms with Gasteiger partial charge in [0.05, 0.1) is 11.7 Å². The van der Waals surface area contributed by atoms with E-state index in [1.54, 1.807) is 0 Å². The number of aryl methyl sites for hydroxylation is 1. The molecule has 25 heavy (non-hydrogen) atoms. The summed E-state index contributed by atoms with van der Waals surface area (Å²) in [4.78, 5) is 24.8. The van der Waals surface area contributed by atoms with Crippen LogP contribution in [0.2, 0.25) is 0 Å². The first-order valence-corrected chi connectivity index (χ1v) is 8.37. The molecule has 0 bridgehead atoms. The Bertz CT molecular complexity index is 815. The van der Waals surface area contributed by atoms with E-state index >= 15 is 0 Å². The predicted molar refractivity (Wildman–Crippen MR) is 98.3 cm³/mol. The predicted octanol–water partition coefficient (Wildman–Crippen LogP) is 3.36. The van der Waals surface area contributed by atoms with Crippen LogP contribution in [0.3, 0.4) is 0 Å². The van der Waals surface area contributed by atoms with Crippen LogP contribution in [0.1, 0.15) is 36.9 Å². The number of carbonyl (C=O) groups is 2. The summed E-state index contributed by atoms with van der Waals surface area (Å²) >= 11 is 0. The molecule has 128 valence electrons. The average Bonchev–Trinajstić information content (AvgIpc) is 2.62. The first-order valence-electron chi connectivity index (χ1n) is 8.37. The van der Waals surface area contributed by atoms with Crippen molar-refractivity contribution in [3.05, 3.63) is 65.7 Å². The second kappa shape index (κ2) is 7.30. The van der Waals surface area contributed by atoms with E-state index < -0.39 is 0 Å². The molecular weight excluding hydrogens is 314 g/mol. The molecular formula is C20H21N3O2. The highest BCUT2D eigenvalue weighted by Gasteiger charge is 2.26. The van der Waals surface area contributed by atoms with Gasteiger partial charge in [-0.05, 0) is 37.1 Å². The summed E-state index contributed by atoms with van der Waals surface area (Å²) in [6, 6.07) is 17.2. The highest BCUT2D eigenvalue weighted by atomic mass is 16.2. The minimum Gasteiger partial charge on any atom is -0.344 e. The molecule has 1 N–H and O–H groups in total. The second-order valence-corrected chi connectivity index (χ2v) is 6.20. The van der Waals surface area contributed by atoms with Crippen LogP contribution in [0.25, 0.3) is 0 Å². The maximum atomic E-state index is 12.6. The van der Waals surface area contributed by atoms with Gasteiger partial charge in [0.1, 0.15) is 5.71 Å². The van der Waals surface area contributed by atoms with Gasteiger partial charge in [-0.2, -0.15) is 5.10 Å². The fourth-order valence-electron chi connectivity index (χ4n) is 2.78. The van der Waals surface area contributed by atoms with Gasteiger partial charge in [0.2, 0.25) is 5.91 Å². The summed E-state index contributed by atoms with van der Waals surface area (Å²) in [7, 11) is 0. The van der Waals surface area contributed by atoms with Crippen LogP contribution in [-0.2, 0) is 9.59 Å². The van der Waals surface area contributed by atoms with E-state index in [9.17, 15) is 9.59 Å². The van der Waals surface area contributed by atoms with Crippen molar-refractivity contribution >= 4 is 23.2 Å². The van der Waals surface area contributed by atoms with Gasteiger partial charge in [-0.3, -0.25) is 9.59 Å². The summed E-state index contributed by atoms with van der Waals surface area (Å²) in [5.74, 6) is -0.334.